The molecule has 1 aromatic carbocycles. The fourth-order valence-electron chi connectivity index (χ4n) is 2.47. The van der Waals surface area contributed by atoms with Gasteiger partial charge in [-0.3, -0.25) is 4.79 Å². The Bertz CT molecular complexity index is 417. The second-order valence-electron chi connectivity index (χ2n) is 5.16. The molecule has 2 N–H and O–H groups in total. The molecule has 2 unspecified atom stereocenters. The first-order valence-electron chi connectivity index (χ1n) is 6.86. The highest BCUT2D eigenvalue weighted by Gasteiger charge is 2.23. The standard InChI is InChI=1S/C15H22N2O2/c1-11-4-3-9-16-14(11)10-15(18)17-12-5-7-13(19-2)8-6-12/h5-8,11,14,16H,3-4,9-10H2,1-2H3,(H,17,18). The van der Waals surface area contributed by atoms with Crippen LogP contribution >= 0.6 is 0 Å². The van der Waals surface area contributed by atoms with Crippen molar-refractivity contribution in [2.45, 2.75) is 32.2 Å². The summed E-state index contributed by atoms with van der Waals surface area (Å²) in [7, 11) is 1.63. The number of methoxy groups -OCH3 is 1. The third-order valence-electron chi connectivity index (χ3n) is 3.71. The summed E-state index contributed by atoms with van der Waals surface area (Å²) in [6.45, 7) is 3.22. The summed E-state index contributed by atoms with van der Waals surface area (Å²) in [5, 5.41) is 6.35. The van der Waals surface area contributed by atoms with Crippen molar-refractivity contribution in [3.05, 3.63) is 24.3 Å². The predicted molar refractivity (Wildman–Crippen MR) is 76.4 cm³/mol. The Kier molecular flexibility index (Phi) is 4.80. The van der Waals surface area contributed by atoms with E-state index in [9.17, 15) is 4.79 Å². The summed E-state index contributed by atoms with van der Waals surface area (Å²) >= 11 is 0. The van der Waals surface area contributed by atoms with Crippen LogP contribution in [0.2, 0.25) is 0 Å². The average molecular weight is 262 g/mol. The Morgan fingerprint density at radius 2 is 2.16 bits per heavy atom. The van der Waals surface area contributed by atoms with Gasteiger partial charge in [0.05, 0.1) is 7.11 Å². The van der Waals surface area contributed by atoms with Crippen LogP contribution in [-0.2, 0) is 4.79 Å². The second-order valence-corrected chi connectivity index (χ2v) is 5.16. The molecule has 4 nitrogen and oxygen atoms in total. The van der Waals surface area contributed by atoms with Crippen LogP contribution in [0.4, 0.5) is 5.69 Å². The number of carbonyl (C=O) groups is 1. The van der Waals surface area contributed by atoms with Crippen molar-refractivity contribution in [2.75, 3.05) is 19.0 Å². The van der Waals surface area contributed by atoms with E-state index in [1.54, 1.807) is 7.11 Å². The van der Waals surface area contributed by atoms with Crippen LogP contribution in [0.3, 0.4) is 0 Å². The third kappa shape index (κ3) is 3.96. The number of piperidine rings is 1. The molecule has 1 saturated heterocycles. The molecule has 2 atom stereocenters. The SMILES string of the molecule is COc1ccc(NC(=O)CC2NCCCC2C)cc1. The van der Waals surface area contributed by atoms with E-state index in [0.29, 0.717) is 18.4 Å². The normalized spacial score (nSPS) is 22.8. The van der Waals surface area contributed by atoms with Crippen LogP contribution < -0.4 is 15.4 Å². The lowest BCUT2D eigenvalue weighted by Gasteiger charge is -2.29. The van der Waals surface area contributed by atoms with Crippen molar-refractivity contribution < 1.29 is 9.53 Å². The molecule has 1 aliphatic rings. The highest BCUT2D eigenvalue weighted by molar-refractivity contribution is 5.91. The van der Waals surface area contributed by atoms with Gasteiger partial charge in [0, 0.05) is 18.2 Å². The average Bonchev–Trinajstić information content (AvgIpc) is 2.42. The largest absolute Gasteiger partial charge is 0.497 e. The number of anilines is 1. The molecule has 19 heavy (non-hydrogen) atoms. The molecule has 104 valence electrons. The van der Waals surface area contributed by atoms with E-state index in [-0.39, 0.29) is 5.91 Å². The zero-order valence-electron chi connectivity index (χ0n) is 11.6. The Balaban J connectivity index is 1.86. The number of hydrogen-bond acceptors (Lipinski definition) is 3. The van der Waals surface area contributed by atoms with Crippen LogP contribution in [0.25, 0.3) is 0 Å². The molecule has 1 heterocycles. The maximum atomic E-state index is 12.0. The van der Waals surface area contributed by atoms with Crippen molar-refractivity contribution in [1.82, 2.24) is 5.32 Å². The van der Waals surface area contributed by atoms with E-state index < -0.39 is 0 Å². The van der Waals surface area contributed by atoms with Crippen LogP contribution in [0.5, 0.6) is 5.75 Å². The van der Waals surface area contributed by atoms with E-state index in [4.69, 9.17) is 4.74 Å². The molecule has 0 spiro atoms. The van der Waals surface area contributed by atoms with Crippen molar-refractivity contribution in [3.8, 4) is 5.75 Å². The second kappa shape index (κ2) is 6.57. The van der Waals surface area contributed by atoms with Crippen molar-refractivity contribution in [1.29, 1.82) is 0 Å². The summed E-state index contributed by atoms with van der Waals surface area (Å²) in [4.78, 5) is 12.0. The summed E-state index contributed by atoms with van der Waals surface area (Å²) < 4.78 is 5.09. The van der Waals surface area contributed by atoms with Gasteiger partial charge >= 0.3 is 0 Å². The van der Waals surface area contributed by atoms with Crippen LogP contribution in [0, 0.1) is 5.92 Å². The summed E-state index contributed by atoms with van der Waals surface area (Å²) in [6, 6.07) is 7.70. The Morgan fingerprint density at radius 3 is 2.79 bits per heavy atom. The minimum absolute atomic E-state index is 0.0661. The molecule has 0 aliphatic carbocycles. The Hall–Kier alpha value is -1.55. The number of nitrogens with one attached hydrogen (secondary N) is 2. The Labute approximate surface area is 114 Å². The number of ether oxygens (including phenoxy) is 1. The molecule has 1 aliphatic heterocycles. The molecule has 0 saturated carbocycles. The van der Waals surface area contributed by atoms with Crippen LogP contribution in [0.15, 0.2) is 24.3 Å². The number of benzene rings is 1. The van der Waals surface area contributed by atoms with Gasteiger partial charge in [0.1, 0.15) is 5.75 Å². The molecule has 0 radical (unpaired) electrons. The maximum absolute atomic E-state index is 12.0. The van der Waals surface area contributed by atoms with E-state index in [0.717, 1.165) is 18.0 Å². The monoisotopic (exact) mass is 262 g/mol. The molecule has 2 rings (SSSR count). The van der Waals surface area contributed by atoms with Gasteiger partial charge in [0.15, 0.2) is 0 Å². The number of hydrogen-bond donors (Lipinski definition) is 2. The van der Waals surface area contributed by atoms with Crippen molar-refractivity contribution in [2.24, 2.45) is 5.92 Å². The molecular formula is C15H22N2O2. The van der Waals surface area contributed by atoms with Crippen molar-refractivity contribution in [3.63, 3.8) is 0 Å². The smallest absolute Gasteiger partial charge is 0.225 e. The van der Waals surface area contributed by atoms with Gasteiger partial charge < -0.3 is 15.4 Å². The predicted octanol–water partition coefficient (Wildman–Crippen LogP) is 2.41. The zero-order valence-corrected chi connectivity index (χ0v) is 11.6. The van der Waals surface area contributed by atoms with Gasteiger partial charge in [-0.15, -0.1) is 0 Å². The van der Waals surface area contributed by atoms with Gasteiger partial charge in [0.2, 0.25) is 5.91 Å². The third-order valence-corrected chi connectivity index (χ3v) is 3.71. The van der Waals surface area contributed by atoms with Gasteiger partial charge in [-0.1, -0.05) is 6.92 Å². The van der Waals surface area contributed by atoms with E-state index in [1.807, 2.05) is 24.3 Å². The first-order chi connectivity index (χ1) is 9.19. The number of amides is 1. The van der Waals surface area contributed by atoms with E-state index >= 15 is 0 Å². The lowest BCUT2D eigenvalue weighted by atomic mass is 9.90. The lowest BCUT2D eigenvalue weighted by Crippen LogP contribution is -2.42. The molecule has 1 aromatic rings. The highest BCUT2D eigenvalue weighted by Crippen LogP contribution is 2.19. The first-order valence-corrected chi connectivity index (χ1v) is 6.86. The zero-order chi connectivity index (χ0) is 13.7. The minimum Gasteiger partial charge on any atom is -0.497 e. The Morgan fingerprint density at radius 1 is 1.42 bits per heavy atom. The summed E-state index contributed by atoms with van der Waals surface area (Å²) in [5.74, 6) is 1.42. The molecule has 1 fully saturated rings. The van der Waals surface area contributed by atoms with Crippen LogP contribution in [-0.4, -0.2) is 25.6 Å². The summed E-state index contributed by atoms with van der Waals surface area (Å²) in [6.07, 6.45) is 2.94. The fourth-order valence-corrected chi connectivity index (χ4v) is 2.47. The van der Waals surface area contributed by atoms with Gasteiger partial charge in [-0.25, -0.2) is 0 Å². The quantitative estimate of drug-likeness (QED) is 0.876. The van der Waals surface area contributed by atoms with Crippen molar-refractivity contribution >= 4 is 11.6 Å². The minimum atomic E-state index is 0.0661. The molecular weight excluding hydrogens is 240 g/mol. The van der Waals surface area contributed by atoms with E-state index in [1.165, 1.54) is 12.8 Å². The molecule has 1 amide bonds. The summed E-state index contributed by atoms with van der Waals surface area (Å²) in [5.41, 5.74) is 0.814. The lowest BCUT2D eigenvalue weighted by molar-refractivity contribution is -0.117. The van der Waals surface area contributed by atoms with E-state index in [2.05, 4.69) is 17.6 Å². The number of rotatable bonds is 4. The number of carbonyl (C=O) groups excluding carboxylic acids is 1. The maximum Gasteiger partial charge on any atom is 0.225 e. The highest BCUT2D eigenvalue weighted by atomic mass is 16.5. The first kappa shape index (κ1) is 13.9. The van der Waals surface area contributed by atoms with Gasteiger partial charge in [0.25, 0.3) is 0 Å². The van der Waals surface area contributed by atoms with Crippen LogP contribution in [0.1, 0.15) is 26.2 Å². The topological polar surface area (TPSA) is 50.4 Å². The fraction of sp³-hybridized carbons (Fsp3) is 0.533. The van der Waals surface area contributed by atoms with Gasteiger partial charge in [-0.05, 0) is 49.6 Å². The molecule has 0 aromatic heterocycles. The molecule has 0 bridgehead atoms. The van der Waals surface area contributed by atoms with Gasteiger partial charge in [-0.2, -0.15) is 0 Å². The molecule has 4 heteroatoms.